The Bertz CT molecular complexity index is 1050. The highest BCUT2D eigenvalue weighted by Gasteiger charge is 2.17. The highest BCUT2D eigenvalue weighted by molar-refractivity contribution is 6.39. The molecule has 0 bridgehead atoms. The number of hydrogen-bond donors (Lipinski definition) is 0. The number of rotatable bonds is 4. The fraction of sp³-hybridized carbons (Fsp3) is 0.238. The van der Waals surface area contributed by atoms with Crippen LogP contribution in [0.15, 0.2) is 36.4 Å². The Morgan fingerprint density at radius 1 is 1.07 bits per heavy atom. The molecule has 1 aliphatic carbocycles. The molecule has 0 radical (unpaired) electrons. The highest BCUT2D eigenvalue weighted by atomic mass is 35.5. The van der Waals surface area contributed by atoms with E-state index in [2.05, 4.69) is 11.1 Å². The van der Waals surface area contributed by atoms with E-state index >= 15 is 0 Å². The SMILES string of the molecule is Cc1ccc2c(Cl)cc(Cl)c(OC(=O)COc3ccc4c(c3)CCC4)c2n1. The zero-order valence-electron chi connectivity index (χ0n) is 14.7. The summed E-state index contributed by atoms with van der Waals surface area (Å²) in [6.07, 6.45) is 3.32. The normalized spacial score (nSPS) is 12.9. The van der Waals surface area contributed by atoms with Crippen LogP contribution in [0.3, 0.4) is 0 Å². The molecule has 6 heteroatoms. The van der Waals surface area contributed by atoms with E-state index in [-0.39, 0.29) is 17.4 Å². The number of ether oxygens (including phenoxy) is 2. The van der Waals surface area contributed by atoms with Gasteiger partial charge in [-0.15, -0.1) is 0 Å². The van der Waals surface area contributed by atoms with E-state index in [1.165, 1.54) is 11.1 Å². The second kappa shape index (κ2) is 7.37. The van der Waals surface area contributed by atoms with Crippen LogP contribution >= 0.6 is 23.2 Å². The van der Waals surface area contributed by atoms with Crippen molar-refractivity contribution in [2.45, 2.75) is 26.2 Å². The van der Waals surface area contributed by atoms with Crippen molar-refractivity contribution >= 4 is 40.1 Å². The Hall–Kier alpha value is -2.30. The van der Waals surface area contributed by atoms with E-state index in [4.69, 9.17) is 32.7 Å². The molecule has 27 heavy (non-hydrogen) atoms. The number of aryl methyl sites for hydroxylation is 3. The van der Waals surface area contributed by atoms with Crippen LogP contribution in [0, 0.1) is 6.92 Å². The lowest BCUT2D eigenvalue weighted by Gasteiger charge is -2.12. The van der Waals surface area contributed by atoms with Crippen molar-refractivity contribution in [3.63, 3.8) is 0 Å². The molecule has 0 atom stereocenters. The molecule has 0 unspecified atom stereocenters. The summed E-state index contributed by atoms with van der Waals surface area (Å²) in [4.78, 5) is 16.7. The van der Waals surface area contributed by atoms with E-state index in [1.54, 1.807) is 6.07 Å². The van der Waals surface area contributed by atoms with Crippen LogP contribution in [0.25, 0.3) is 10.9 Å². The fourth-order valence-corrected chi connectivity index (χ4v) is 3.87. The van der Waals surface area contributed by atoms with Gasteiger partial charge in [-0.25, -0.2) is 9.78 Å². The average molecular weight is 402 g/mol. The second-order valence-electron chi connectivity index (χ2n) is 6.56. The number of pyridine rings is 1. The van der Waals surface area contributed by atoms with E-state index in [9.17, 15) is 4.79 Å². The first-order chi connectivity index (χ1) is 13.0. The van der Waals surface area contributed by atoms with Gasteiger partial charge in [-0.3, -0.25) is 0 Å². The number of benzene rings is 2. The molecular weight excluding hydrogens is 385 g/mol. The maximum Gasteiger partial charge on any atom is 0.349 e. The van der Waals surface area contributed by atoms with Gasteiger partial charge in [0.15, 0.2) is 12.4 Å². The molecule has 4 rings (SSSR count). The number of esters is 1. The summed E-state index contributed by atoms with van der Waals surface area (Å²) >= 11 is 12.5. The van der Waals surface area contributed by atoms with Gasteiger partial charge >= 0.3 is 5.97 Å². The number of aromatic nitrogens is 1. The third-order valence-electron chi connectivity index (χ3n) is 4.62. The quantitative estimate of drug-likeness (QED) is 0.438. The van der Waals surface area contributed by atoms with Crippen molar-refractivity contribution in [1.82, 2.24) is 4.98 Å². The van der Waals surface area contributed by atoms with Crippen molar-refractivity contribution in [3.05, 3.63) is 63.3 Å². The molecule has 0 spiro atoms. The number of carbonyl (C=O) groups excluding carboxylic acids is 1. The van der Waals surface area contributed by atoms with Crippen LogP contribution in [-0.4, -0.2) is 17.6 Å². The molecular formula is C21H17Cl2NO3. The zero-order chi connectivity index (χ0) is 19.0. The van der Waals surface area contributed by atoms with Gasteiger partial charge in [-0.05, 0) is 67.6 Å². The summed E-state index contributed by atoms with van der Waals surface area (Å²) in [6, 6.07) is 11.1. The first kappa shape index (κ1) is 18.1. The third kappa shape index (κ3) is 3.73. The number of hydrogen-bond acceptors (Lipinski definition) is 4. The summed E-state index contributed by atoms with van der Waals surface area (Å²) in [5, 5.41) is 1.36. The molecule has 1 aliphatic rings. The largest absolute Gasteiger partial charge is 0.482 e. The molecule has 0 aliphatic heterocycles. The minimum absolute atomic E-state index is 0.197. The van der Waals surface area contributed by atoms with Gasteiger partial charge in [0.2, 0.25) is 0 Å². The van der Waals surface area contributed by atoms with Crippen LogP contribution in [0.5, 0.6) is 11.5 Å². The standard InChI is InChI=1S/C21H17Cl2NO3/c1-12-5-8-16-17(22)10-18(23)21(20(16)24-12)27-19(25)11-26-15-7-6-13-3-2-4-14(13)9-15/h5-10H,2-4,11H2,1H3. The van der Waals surface area contributed by atoms with Gasteiger partial charge in [0.05, 0.1) is 10.0 Å². The molecule has 1 aromatic heterocycles. The molecule has 4 nitrogen and oxygen atoms in total. The molecule has 0 saturated heterocycles. The van der Waals surface area contributed by atoms with E-state index < -0.39 is 5.97 Å². The smallest absolute Gasteiger partial charge is 0.349 e. The number of nitrogens with zero attached hydrogens (tertiary/aromatic N) is 1. The van der Waals surface area contributed by atoms with Gasteiger partial charge in [0.25, 0.3) is 0 Å². The minimum atomic E-state index is -0.552. The summed E-state index contributed by atoms with van der Waals surface area (Å²) in [7, 11) is 0. The Morgan fingerprint density at radius 3 is 2.74 bits per heavy atom. The monoisotopic (exact) mass is 401 g/mol. The van der Waals surface area contributed by atoms with E-state index in [0.29, 0.717) is 21.7 Å². The fourth-order valence-electron chi connectivity index (χ4n) is 3.31. The Kier molecular flexibility index (Phi) is 4.94. The van der Waals surface area contributed by atoms with Crippen LogP contribution in [0.2, 0.25) is 10.0 Å². The van der Waals surface area contributed by atoms with Gasteiger partial charge in [-0.2, -0.15) is 0 Å². The third-order valence-corrected chi connectivity index (χ3v) is 5.21. The molecule has 0 amide bonds. The minimum Gasteiger partial charge on any atom is -0.482 e. The lowest BCUT2D eigenvalue weighted by molar-refractivity contribution is -0.136. The predicted octanol–water partition coefficient (Wildman–Crippen LogP) is 5.32. The summed E-state index contributed by atoms with van der Waals surface area (Å²) < 4.78 is 11.1. The molecule has 3 aromatic rings. The van der Waals surface area contributed by atoms with E-state index in [0.717, 1.165) is 25.0 Å². The number of halogens is 2. The first-order valence-corrected chi connectivity index (χ1v) is 9.47. The van der Waals surface area contributed by atoms with Gasteiger partial charge < -0.3 is 9.47 Å². The van der Waals surface area contributed by atoms with Crippen molar-refractivity contribution in [3.8, 4) is 11.5 Å². The van der Waals surface area contributed by atoms with Crippen molar-refractivity contribution in [2.75, 3.05) is 6.61 Å². The molecule has 0 N–H and O–H groups in total. The Labute approximate surface area is 167 Å². The van der Waals surface area contributed by atoms with Gasteiger partial charge in [0.1, 0.15) is 11.3 Å². The van der Waals surface area contributed by atoms with Gasteiger partial charge in [-0.1, -0.05) is 29.3 Å². The number of carbonyl (C=O) groups is 1. The lowest BCUT2D eigenvalue weighted by atomic mass is 10.1. The first-order valence-electron chi connectivity index (χ1n) is 8.72. The maximum atomic E-state index is 12.3. The zero-order valence-corrected chi connectivity index (χ0v) is 16.2. The van der Waals surface area contributed by atoms with Crippen molar-refractivity contribution in [2.24, 2.45) is 0 Å². The summed E-state index contributed by atoms with van der Waals surface area (Å²) in [5.74, 6) is 0.306. The summed E-state index contributed by atoms with van der Waals surface area (Å²) in [6.45, 7) is 1.63. The molecule has 0 fully saturated rings. The second-order valence-corrected chi connectivity index (χ2v) is 7.38. The van der Waals surface area contributed by atoms with Crippen LogP contribution < -0.4 is 9.47 Å². The molecule has 0 saturated carbocycles. The Morgan fingerprint density at radius 2 is 1.89 bits per heavy atom. The molecule has 2 aromatic carbocycles. The van der Waals surface area contributed by atoms with E-state index in [1.807, 2.05) is 31.2 Å². The lowest BCUT2D eigenvalue weighted by Crippen LogP contribution is -2.18. The number of fused-ring (bicyclic) bond motifs is 2. The average Bonchev–Trinajstić information content (AvgIpc) is 3.11. The predicted molar refractivity (Wildman–Crippen MR) is 106 cm³/mol. The summed E-state index contributed by atoms with van der Waals surface area (Å²) in [5.41, 5.74) is 3.86. The van der Waals surface area contributed by atoms with Crippen molar-refractivity contribution in [1.29, 1.82) is 0 Å². The highest BCUT2D eigenvalue weighted by Crippen LogP contribution is 2.37. The van der Waals surface area contributed by atoms with Gasteiger partial charge in [0, 0.05) is 11.1 Å². The topological polar surface area (TPSA) is 48.4 Å². The molecule has 138 valence electrons. The van der Waals surface area contributed by atoms with Crippen LogP contribution in [0.4, 0.5) is 0 Å². The molecule has 1 heterocycles. The van der Waals surface area contributed by atoms with Crippen molar-refractivity contribution < 1.29 is 14.3 Å². The van der Waals surface area contributed by atoms with Crippen LogP contribution in [-0.2, 0) is 17.6 Å². The van der Waals surface area contributed by atoms with Crippen LogP contribution in [0.1, 0.15) is 23.2 Å². The maximum absolute atomic E-state index is 12.3. The Balaban J connectivity index is 1.52.